The van der Waals surface area contributed by atoms with E-state index in [2.05, 4.69) is 15.4 Å². The molecule has 0 aliphatic heterocycles. The fourth-order valence-electron chi connectivity index (χ4n) is 3.97. The molecule has 3 rings (SSSR count). The van der Waals surface area contributed by atoms with Gasteiger partial charge in [-0.3, -0.25) is 14.4 Å². The van der Waals surface area contributed by atoms with Crippen molar-refractivity contribution >= 4 is 23.9 Å². The largest absolute Gasteiger partial charge is 0.572 e. The van der Waals surface area contributed by atoms with Crippen LogP contribution in [0.25, 0.3) is 6.08 Å². The highest BCUT2D eigenvalue weighted by Gasteiger charge is 2.28. The van der Waals surface area contributed by atoms with Crippen molar-refractivity contribution in [2.45, 2.75) is 39.0 Å². The molecule has 0 saturated carbocycles. The Bertz CT molecular complexity index is 1420. The van der Waals surface area contributed by atoms with Gasteiger partial charge in [0.05, 0.1) is 11.8 Å². The van der Waals surface area contributed by atoms with E-state index in [1.54, 1.807) is 37.3 Å². The number of hydrogen-bond donors (Lipinski definition) is 3. The van der Waals surface area contributed by atoms with Gasteiger partial charge in [0.15, 0.2) is 0 Å². The average molecular weight is 567 g/mol. The predicted octanol–water partition coefficient (Wildman–Crippen LogP) is 6.17. The Kier molecular flexibility index (Phi) is 10.9. The molecule has 41 heavy (non-hydrogen) atoms. The molecule has 0 saturated heterocycles. The van der Waals surface area contributed by atoms with E-state index >= 15 is 0 Å². The van der Waals surface area contributed by atoms with Crippen LogP contribution in [0.1, 0.15) is 47.7 Å². The van der Waals surface area contributed by atoms with Crippen molar-refractivity contribution < 1.29 is 37.4 Å². The molecular weight excluding hydrogens is 537 g/mol. The number of halogens is 3. The highest BCUT2D eigenvalue weighted by molar-refractivity contribution is 6.02. The summed E-state index contributed by atoms with van der Waals surface area (Å²) in [4.78, 5) is 37.5. The maximum atomic E-state index is 13.4. The van der Waals surface area contributed by atoms with Crippen molar-refractivity contribution in [2.24, 2.45) is 0 Å². The topological polar surface area (TPSA) is 105 Å². The van der Waals surface area contributed by atoms with Crippen LogP contribution in [-0.2, 0) is 20.7 Å². The zero-order chi connectivity index (χ0) is 29.8. The van der Waals surface area contributed by atoms with Gasteiger partial charge >= 0.3 is 12.3 Å². The highest BCUT2D eigenvalue weighted by Crippen LogP contribution is 2.20. The molecule has 0 unspecified atom stereocenters. The number of nitrogens with one attached hydrogen (secondary N) is 2. The van der Waals surface area contributed by atoms with Gasteiger partial charge in [-0.15, -0.1) is 13.2 Å². The second kappa shape index (κ2) is 14.5. The molecule has 2 amide bonds. The zero-order valence-corrected chi connectivity index (χ0v) is 22.2. The minimum absolute atomic E-state index is 0.0544. The van der Waals surface area contributed by atoms with Gasteiger partial charge in [-0.1, -0.05) is 48.6 Å². The number of carboxylic acids is 1. The van der Waals surface area contributed by atoms with Crippen LogP contribution in [-0.4, -0.2) is 29.3 Å². The Hall–Kier alpha value is -4.86. The van der Waals surface area contributed by atoms with Crippen LogP contribution in [0.3, 0.4) is 0 Å². The molecule has 1 aromatic rings. The number of carboxylic acid groups (broad SMARTS) is 1. The first kappa shape index (κ1) is 30.7. The monoisotopic (exact) mass is 566 g/mol. The number of rotatable bonds is 10. The van der Waals surface area contributed by atoms with E-state index in [1.165, 1.54) is 6.08 Å². The minimum atomic E-state index is -4.91. The second-order valence-electron chi connectivity index (χ2n) is 8.90. The lowest BCUT2D eigenvalue weighted by Gasteiger charge is -2.15. The van der Waals surface area contributed by atoms with Crippen molar-refractivity contribution in [2.75, 3.05) is 0 Å². The van der Waals surface area contributed by atoms with Crippen LogP contribution < -0.4 is 10.6 Å². The van der Waals surface area contributed by atoms with Crippen LogP contribution in [0.2, 0.25) is 0 Å². The number of allylic oxidation sites excluding steroid dienone is 11. The van der Waals surface area contributed by atoms with Gasteiger partial charge in [0, 0.05) is 23.4 Å². The number of fused-ring (bicyclic) bond motifs is 1. The molecule has 7 nitrogen and oxygen atoms in total. The van der Waals surface area contributed by atoms with E-state index < -0.39 is 24.1 Å². The summed E-state index contributed by atoms with van der Waals surface area (Å²) in [7, 11) is 0. The van der Waals surface area contributed by atoms with Crippen molar-refractivity contribution in [1.29, 1.82) is 0 Å². The van der Waals surface area contributed by atoms with Crippen molar-refractivity contribution in [1.82, 2.24) is 10.6 Å². The third kappa shape index (κ3) is 9.99. The van der Waals surface area contributed by atoms with E-state index in [0.29, 0.717) is 35.9 Å². The molecule has 0 atom stereocenters. The molecule has 0 heterocycles. The van der Waals surface area contributed by atoms with E-state index in [1.807, 2.05) is 36.4 Å². The summed E-state index contributed by atoms with van der Waals surface area (Å²) in [5, 5.41) is 14.4. The summed E-state index contributed by atoms with van der Waals surface area (Å²) in [6.45, 7) is 1.57. The van der Waals surface area contributed by atoms with Crippen molar-refractivity contribution in [3.8, 4) is 0 Å². The molecule has 0 bridgehead atoms. The third-order valence-corrected chi connectivity index (χ3v) is 5.92. The van der Waals surface area contributed by atoms with Gasteiger partial charge in [0.1, 0.15) is 0 Å². The average Bonchev–Trinajstić information content (AvgIpc) is 3.30. The molecule has 214 valence electrons. The lowest BCUT2D eigenvalue weighted by molar-refractivity contribution is -0.298. The maximum Gasteiger partial charge on any atom is 0.572 e. The molecular formula is C31H29F3N2O5. The molecule has 10 heteroatoms. The quantitative estimate of drug-likeness (QED) is 0.178. The van der Waals surface area contributed by atoms with Gasteiger partial charge in [-0.2, -0.15) is 0 Å². The SMILES string of the molecule is C\C=C(NC(=O)c1ccc2c(c1)CC=CC=C2)/C(=C\C=C\OC(F)(F)F)C(=O)NC1=CC(CCC(=O)O)=CCC=C1. The van der Waals surface area contributed by atoms with Crippen LogP contribution in [0.15, 0.2) is 108 Å². The smallest absolute Gasteiger partial charge is 0.481 e. The Labute approximate surface area is 235 Å². The van der Waals surface area contributed by atoms with Crippen LogP contribution in [0.4, 0.5) is 13.2 Å². The number of benzene rings is 1. The fraction of sp³-hybridized carbons (Fsp3) is 0.194. The van der Waals surface area contributed by atoms with Crippen LogP contribution in [0.5, 0.6) is 0 Å². The fourth-order valence-corrected chi connectivity index (χ4v) is 3.97. The highest BCUT2D eigenvalue weighted by atomic mass is 19.4. The summed E-state index contributed by atoms with van der Waals surface area (Å²) in [5.41, 5.74) is 3.20. The third-order valence-electron chi connectivity index (χ3n) is 5.92. The molecule has 2 aliphatic carbocycles. The molecule has 0 radical (unpaired) electrons. The van der Waals surface area contributed by atoms with Gasteiger partial charge in [-0.25, -0.2) is 0 Å². The summed E-state index contributed by atoms with van der Waals surface area (Å²) < 4.78 is 41.0. The first-order valence-electron chi connectivity index (χ1n) is 12.7. The van der Waals surface area contributed by atoms with E-state index in [4.69, 9.17) is 5.11 Å². The molecule has 0 spiro atoms. The number of ether oxygens (including phenoxy) is 1. The summed E-state index contributed by atoms with van der Waals surface area (Å²) >= 11 is 0. The van der Waals surface area contributed by atoms with E-state index in [0.717, 1.165) is 23.3 Å². The Balaban J connectivity index is 1.86. The Morgan fingerprint density at radius 3 is 2.66 bits per heavy atom. The predicted molar refractivity (Wildman–Crippen MR) is 149 cm³/mol. The first-order valence-corrected chi connectivity index (χ1v) is 12.7. The molecule has 1 aromatic carbocycles. The number of amides is 2. The number of carbonyl (C=O) groups is 3. The van der Waals surface area contributed by atoms with Crippen molar-refractivity contribution in [3.05, 3.63) is 124 Å². The molecule has 2 aliphatic rings. The summed E-state index contributed by atoms with van der Waals surface area (Å²) in [6, 6.07) is 5.19. The van der Waals surface area contributed by atoms with Crippen molar-refractivity contribution in [3.63, 3.8) is 0 Å². The Morgan fingerprint density at radius 2 is 1.93 bits per heavy atom. The first-order chi connectivity index (χ1) is 19.6. The lowest BCUT2D eigenvalue weighted by Crippen LogP contribution is -2.31. The normalized spacial score (nSPS) is 15.4. The number of carbonyl (C=O) groups excluding carboxylic acids is 2. The van der Waals surface area contributed by atoms with Gasteiger partial charge < -0.3 is 20.5 Å². The second-order valence-corrected chi connectivity index (χ2v) is 8.90. The molecule has 3 N–H and O–H groups in total. The van der Waals surface area contributed by atoms with E-state index in [-0.39, 0.29) is 24.1 Å². The van der Waals surface area contributed by atoms with E-state index in [9.17, 15) is 27.6 Å². The van der Waals surface area contributed by atoms with Crippen LogP contribution >= 0.6 is 0 Å². The lowest BCUT2D eigenvalue weighted by atomic mass is 10.0. The number of aliphatic carboxylic acids is 1. The Morgan fingerprint density at radius 1 is 1.12 bits per heavy atom. The van der Waals surface area contributed by atoms with Gasteiger partial charge in [0.25, 0.3) is 11.8 Å². The van der Waals surface area contributed by atoms with Gasteiger partial charge in [-0.05, 0) is 79.3 Å². The van der Waals surface area contributed by atoms with Crippen LogP contribution in [0, 0.1) is 0 Å². The zero-order valence-electron chi connectivity index (χ0n) is 22.2. The summed E-state index contributed by atoms with van der Waals surface area (Å²) in [5.74, 6) is -2.20. The molecule has 0 fully saturated rings. The molecule has 0 aromatic heterocycles. The maximum absolute atomic E-state index is 13.4. The number of alkyl halides is 3. The minimum Gasteiger partial charge on any atom is -0.481 e. The number of hydrogen-bond acceptors (Lipinski definition) is 4. The van der Waals surface area contributed by atoms with Gasteiger partial charge in [0.2, 0.25) is 0 Å². The summed E-state index contributed by atoms with van der Waals surface area (Å²) in [6.07, 6.45) is 14.8. The standard InChI is InChI=1S/C31H29F3N2O5/c1-2-27(36-29(39)24-16-15-22-10-4-3-5-11-23(22)20-24)26(13-8-18-41-31(32,33)34)30(40)35-25-12-7-6-9-21(19-25)14-17-28(37)38/h2-5,7-10,12-13,15-16,18-20H,6,11,14,17H2,1H3,(H,35,40)(H,36,39)(H,37,38)/b18-8+,26-13+,27-2+.